The van der Waals surface area contributed by atoms with Gasteiger partial charge in [0, 0.05) is 4.47 Å². The molecule has 4 rings (SSSR count). The molecule has 130 valence electrons. The van der Waals surface area contributed by atoms with Crippen molar-refractivity contribution in [3.8, 4) is 0 Å². The molecule has 0 saturated carbocycles. The lowest BCUT2D eigenvalue weighted by molar-refractivity contribution is 0.426. The fourth-order valence-corrected chi connectivity index (χ4v) is 3.58. The molecule has 0 fully saturated rings. The van der Waals surface area contributed by atoms with Crippen molar-refractivity contribution in [3.63, 3.8) is 0 Å². The monoisotopic (exact) mass is 406 g/mol. The molecule has 4 heteroatoms. The Balaban J connectivity index is 0.000000152. The van der Waals surface area contributed by atoms with Gasteiger partial charge in [-0.05, 0) is 62.3 Å². The smallest absolute Gasteiger partial charge is 0.423 e. The van der Waals surface area contributed by atoms with Gasteiger partial charge < -0.3 is 10.0 Å². The molecule has 2 nitrogen and oxygen atoms in total. The standard InChI is InChI=1S/C11H11BO2.C11H9Br/c1-8-6-7-9-4-2-3-5-10(9)11(8)12(13)14;1-8-6-7-9-4-2-3-5-10(9)11(8)12/h2-7,13-14H,1H3;2-7H,1H3. The van der Waals surface area contributed by atoms with Crippen LogP contribution in [-0.2, 0) is 0 Å². The van der Waals surface area contributed by atoms with E-state index in [0.717, 1.165) is 16.3 Å². The lowest BCUT2D eigenvalue weighted by Crippen LogP contribution is -2.32. The van der Waals surface area contributed by atoms with Crippen LogP contribution in [-0.4, -0.2) is 17.2 Å². The molecule has 0 saturated heterocycles. The normalized spacial score (nSPS) is 10.5. The lowest BCUT2D eigenvalue weighted by atomic mass is 9.74. The maximum atomic E-state index is 9.26. The second-order valence-corrected chi connectivity index (χ2v) is 7.10. The molecule has 0 aliphatic rings. The molecule has 0 unspecified atom stereocenters. The maximum Gasteiger partial charge on any atom is 0.489 e. The topological polar surface area (TPSA) is 40.5 Å². The molecule has 0 bridgehead atoms. The summed E-state index contributed by atoms with van der Waals surface area (Å²) in [6.07, 6.45) is 0. The zero-order valence-corrected chi connectivity index (χ0v) is 16.4. The third-order valence-corrected chi connectivity index (χ3v) is 5.56. The Morgan fingerprint density at radius 2 is 1.15 bits per heavy atom. The highest BCUT2D eigenvalue weighted by Gasteiger charge is 2.16. The summed E-state index contributed by atoms with van der Waals surface area (Å²) in [7, 11) is -1.40. The molecular weight excluding hydrogens is 387 g/mol. The van der Waals surface area contributed by atoms with Crippen molar-refractivity contribution in [2.24, 2.45) is 0 Å². The Bertz CT molecular complexity index is 1060. The minimum Gasteiger partial charge on any atom is -0.423 e. The zero-order chi connectivity index (χ0) is 18.7. The molecule has 2 N–H and O–H groups in total. The van der Waals surface area contributed by atoms with Crippen LogP contribution in [0.4, 0.5) is 0 Å². The first-order chi connectivity index (χ1) is 12.5. The van der Waals surface area contributed by atoms with E-state index in [0.29, 0.717) is 5.46 Å². The molecule has 0 aliphatic carbocycles. The lowest BCUT2D eigenvalue weighted by Gasteiger charge is -2.08. The van der Waals surface area contributed by atoms with Crippen molar-refractivity contribution in [3.05, 3.63) is 88.4 Å². The van der Waals surface area contributed by atoms with Gasteiger partial charge in [-0.3, -0.25) is 0 Å². The molecule has 0 aromatic heterocycles. The molecule has 0 atom stereocenters. The van der Waals surface area contributed by atoms with Crippen LogP contribution in [0.1, 0.15) is 11.1 Å². The number of aryl methyl sites for hydroxylation is 2. The first kappa shape index (κ1) is 18.6. The molecule has 4 aromatic rings. The second-order valence-electron chi connectivity index (χ2n) is 6.31. The fourth-order valence-electron chi connectivity index (χ4n) is 3.09. The summed E-state index contributed by atoms with van der Waals surface area (Å²) in [4.78, 5) is 0. The van der Waals surface area contributed by atoms with Crippen LogP contribution >= 0.6 is 15.9 Å². The van der Waals surface area contributed by atoms with Crippen LogP contribution in [0.25, 0.3) is 21.5 Å². The van der Waals surface area contributed by atoms with Crippen LogP contribution in [0.15, 0.2) is 77.3 Å². The number of hydrogen-bond donors (Lipinski definition) is 2. The SMILES string of the molecule is Cc1ccc2ccccc2c1B(O)O.Cc1ccc2ccccc2c1Br. The van der Waals surface area contributed by atoms with Crippen molar-refractivity contribution < 1.29 is 10.0 Å². The van der Waals surface area contributed by atoms with Gasteiger partial charge in [-0.25, -0.2) is 0 Å². The molecule has 0 radical (unpaired) electrons. The highest BCUT2D eigenvalue weighted by atomic mass is 79.9. The van der Waals surface area contributed by atoms with Gasteiger partial charge in [-0.15, -0.1) is 0 Å². The van der Waals surface area contributed by atoms with E-state index in [1.165, 1.54) is 20.8 Å². The molecule has 4 aromatic carbocycles. The van der Waals surface area contributed by atoms with Crippen LogP contribution in [0.5, 0.6) is 0 Å². The summed E-state index contributed by atoms with van der Waals surface area (Å²) in [6.45, 7) is 3.98. The molecule has 0 aliphatic heterocycles. The highest BCUT2D eigenvalue weighted by Crippen LogP contribution is 2.26. The van der Waals surface area contributed by atoms with E-state index in [4.69, 9.17) is 0 Å². The minimum absolute atomic E-state index is 0.600. The Morgan fingerprint density at radius 1 is 0.654 bits per heavy atom. The average molecular weight is 407 g/mol. The van der Waals surface area contributed by atoms with Gasteiger partial charge in [0.05, 0.1) is 0 Å². The summed E-state index contributed by atoms with van der Waals surface area (Å²) >= 11 is 3.58. The van der Waals surface area contributed by atoms with E-state index >= 15 is 0 Å². The van der Waals surface area contributed by atoms with Crippen LogP contribution < -0.4 is 5.46 Å². The Kier molecular flexibility index (Phi) is 5.77. The van der Waals surface area contributed by atoms with E-state index in [1.807, 2.05) is 43.3 Å². The Labute approximate surface area is 162 Å². The third-order valence-electron chi connectivity index (χ3n) is 4.50. The van der Waals surface area contributed by atoms with Crippen LogP contribution in [0.3, 0.4) is 0 Å². The van der Waals surface area contributed by atoms with Gasteiger partial charge in [-0.1, -0.05) is 78.4 Å². The third kappa shape index (κ3) is 3.83. The summed E-state index contributed by atoms with van der Waals surface area (Å²) in [5.74, 6) is 0. The van der Waals surface area contributed by atoms with E-state index in [1.54, 1.807) is 0 Å². The number of hydrogen-bond acceptors (Lipinski definition) is 2. The van der Waals surface area contributed by atoms with Gasteiger partial charge in [0.2, 0.25) is 0 Å². The summed E-state index contributed by atoms with van der Waals surface area (Å²) in [5, 5.41) is 23.0. The maximum absolute atomic E-state index is 9.26. The summed E-state index contributed by atoms with van der Waals surface area (Å²) < 4.78 is 1.21. The van der Waals surface area contributed by atoms with Crippen molar-refractivity contribution in [2.45, 2.75) is 13.8 Å². The molecule has 0 amide bonds. The van der Waals surface area contributed by atoms with E-state index in [9.17, 15) is 10.0 Å². The summed E-state index contributed by atoms with van der Waals surface area (Å²) in [6, 6.07) is 24.2. The largest absolute Gasteiger partial charge is 0.489 e. The van der Waals surface area contributed by atoms with Crippen LogP contribution in [0, 0.1) is 13.8 Å². The van der Waals surface area contributed by atoms with Gasteiger partial charge in [-0.2, -0.15) is 0 Å². The minimum atomic E-state index is -1.40. The first-order valence-corrected chi connectivity index (χ1v) is 9.26. The highest BCUT2D eigenvalue weighted by molar-refractivity contribution is 9.10. The predicted octanol–water partition coefficient (Wildman–Crippen LogP) is 4.74. The Hall–Kier alpha value is -2.14. The number of benzene rings is 4. The van der Waals surface area contributed by atoms with Crippen molar-refractivity contribution in [2.75, 3.05) is 0 Å². The van der Waals surface area contributed by atoms with Crippen LogP contribution in [0.2, 0.25) is 0 Å². The second kappa shape index (κ2) is 8.04. The van der Waals surface area contributed by atoms with E-state index in [2.05, 4.69) is 59.3 Å². The van der Waals surface area contributed by atoms with Gasteiger partial charge in [0.15, 0.2) is 0 Å². The van der Waals surface area contributed by atoms with Crippen molar-refractivity contribution >= 4 is 50.1 Å². The Morgan fingerprint density at radius 3 is 1.77 bits per heavy atom. The molecule has 0 spiro atoms. The fraction of sp³-hybridized carbons (Fsp3) is 0.0909. The molecular formula is C22H20BBrO2. The van der Waals surface area contributed by atoms with Crippen molar-refractivity contribution in [1.29, 1.82) is 0 Å². The summed E-state index contributed by atoms with van der Waals surface area (Å²) in [5.41, 5.74) is 2.79. The zero-order valence-electron chi connectivity index (χ0n) is 14.8. The van der Waals surface area contributed by atoms with Gasteiger partial charge in [0.25, 0.3) is 0 Å². The number of halogens is 1. The quantitative estimate of drug-likeness (QED) is 0.448. The average Bonchev–Trinajstić information content (AvgIpc) is 2.65. The van der Waals surface area contributed by atoms with Gasteiger partial charge in [0.1, 0.15) is 0 Å². The molecule has 26 heavy (non-hydrogen) atoms. The molecule has 0 heterocycles. The van der Waals surface area contributed by atoms with E-state index in [-0.39, 0.29) is 0 Å². The van der Waals surface area contributed by atoms with Gasteiger partial charge >= 0.3 is 7.12 Å². The number of fused-ring (bicyclic) bond motifs is 2. The first-order valence-electron chi connectivity index (χ1n) is 8.47. The van der Waals surface area contributed by atoms with Crippen molar-refractivity contribution in [1.82, 2.24) is 0 Å². The van der Waals surface area contributed by atoms with E-state index < -0.39 is 7.12 Å². The predicted molar refractivity (Wildman–Crippen MR) is 115 cm³/mol. The number of rotatable bonds is 1.